The quantitative estimate of drug-likeness (QED) is 0.578. The van der Waals surface area contributed by atoms with E-state index in [0.717, 1.165) is 10.9 Å². The number of nitrogens with zero attached hydrogens (tertiary/aromatic N) is 3. The maximum atomic E-state index is 11.8. The second-order valence-corrected chi connectivity index (χ2v) is 6.41. The van der Waals surface area contributed by atoms with Crippen molar-refractivity contribution < 1.29 is 9.59 Å². The molecule has 3 aromatic rings. The van der Waals surface area contributed by atoms with E-state index in [-0.39, 0.29) is 11.4 Å². The first-order valence-corrected chi connectivity index (χ1v) is 8.85. The molecule has 0 spiro atoms. The van der Waals surface area contributed by atoms with Gasteiger partial charge < -0.3 is 21.7 Å². The Hall–Kier alpha value is -3.68. The number of nitrogens with one attached hydrogen (secondary N) is 1. The monoisotopic (exact) mass is 378 g/mol. The summed E-state index contributed by atoms with van der Waals surface area (Å²) in [5.41, 5.74) is 12.7. The number of primary amides is 2. The van der Waals surface area contributed by atoms with Crippen LogP contribution in [0.5, 0.6) is 0 Å². The Morgan fingerprint density at radius 3 is 2.61 bits per heavy atom. The van der Waals surface area contributed by atoms with Gasteiger partial charge in [-0.2, -0.15) is 0 Å². The summed E-state index contributed by atoms with van der Waals surface area (Å²) in [5, 5.41) is 4.06. The lowest BCUT2D eigenvalue weighted by Gasteiger charge is -2.26. The largest absolute Gasteiger partial charge is 0.368 e. The number of anilines is 3. The highest BCUT2D eigenvalue weighted by Crippen LogP contribution is 2.25. The fraction of sp³-hybridized carbons (Fsp3) is 0.200. The molecule has 2 amide bonds. The molecule has 1 unspecified atom stereocenters. The van der Waals surface area contributed by atoms with Crippen LogP contribution in [0.25, 0.3) is 10.9 Å². The van der Waals surface area contributed by atoms with Gasteiger partial charge >= 0.3 is 0 Å². The van der Waals surface area contributed by atoms with E-state index in [1.807, 2.05) is 37.3 Å². The molecule has 0 saturated heterocycles. The van der Waals surface area contributed by atoms with Crippen molar-refractivity contribution in [2.45, 2.75) is 19.4 Å². The lowest BCUT2D eigenvalue weighted by molar-refractivity contribution is -0.119. The molecular weight excluding hydrogens is 356 g/mol. The van der Waals surface area contributed by atoms with Crippen LogP contribution in [0.4, 0.5) is 17.3 Å². The molecule has 0 aliphatic rings. The third-order valence-electron chi connectivity index (χ3n) is 4.54. The average Bonchev–Trinajstić information content (AvgIpc) is 2.67. The van der Waals surface area contributed by atoms with Gasteiger partial charge in [-0.25, -0.2) is 4.98 Å². The van der Waals surface area contributed by atoms with E-state index in [1.54, 1.807) is 30.3 Å². The van der Waals surface area contributed by atoms with Crippen LogP contribution in [-0.2, 0) is 4.79 Å². The standard InChI is InChI=1S/C20H22N6O2/c1-3-16(19(22)28)26(2)17-9-8-14(18(21)27)20(25-17)24-13-10-12-6-4-5-7-15(12)23-11-13/h4-11,16H,3H2,1-2H3,(H2,21,27)(H2,22,28)(H,24,25). The molecule has 0 aliphatic carbocycles. The Bertz CT molecular complexity index is 1040. The molecular formula is C20H22N6O2. The number of hydrogen-bond acceptors (Lipinski definition) is 6. The Balaban J connectivity index is 1.99. The molecule has 8 heteroatoms. The van der Waals surface area contributed by atoms with Gasteiger partial charge in [0, 0.05) is 12.4 Å². The van der Waals surface area contributed by atoms with Crippen molar-refractivity contribution in [3.05, 3.63) is 54.2 Å². The van der Waals surface area contributed by atoms with Crippen LogP contribution in [0, 0.1) is 0 Å². The van der Waals surface area contributed by atoms with E-state index in [0.29, 0.717) is 17.9 Å². The highest BCUT2D eigenvalue weighted by atomic mass is 16.1. The summed E-state index contributed by atoms with van der Waals surface area (Å²) in [7, 11) is 1.73. The zero-order valence-electron chi connectivity index (χ0n) is 15.7. The predicted molar refractivity (Wildman–Crippen MR) is 109 cm³/mol. The predicted octanol–water partition coefficient (Wildman–Crippen LogP) is 2.17. The van der Waals surface area contributed by atoms with E-state index >= 15 is 0 Å². The average molecular weight is 378 g/mol. The SMILES string of the molecule is CCC(C(N)=O)N(C)c1ccc(C(N)=O)c(Nc2cnc3ccccc3c2)n1. The van der Waals surface area contributed by atoms with Crippen molar-refractivity contribution in [3.63, 3.8) is 0 Å². The zero-order chi connectivity index (χ0) is 20.3. The third kappa shape index (κ3) is 3.85. The lowest BCUT2D eigenvalue weighted by atomic mass is 10.1. The van der Waals surface area contributed by atoms with Gasteiger partial charge in [-0.05, 0) is 30.7 Å². The van der Waals surface area contributed by atoms with Gasteiger partial charge in [0.1, 0.15) is 17.7 Å². The highest BCUT2D eigenvalue weighted by Gasteiger charge is 2.21. The van der Waals surface area contributed by atoms with Crippen LogP contribution in [0.2, 0.25) is 0 Å². The molecule has 0 fully saturated rings. The first kappa shape index (κ1) is 19.1. The van der Waals surface area contributed by atoms with Gasteiger partial charge in [0.15, 0.2) is 0 Å². The van der Waals surface area contributed by atoms with Gasteiger partial charge in [-0.3, -0.25) is 14.6 Å². The van der Waals surface area contributed by atoms with Crippen molar-refractivity contribution in [1.29, 1.82) is 0 Å². The molecule has 2 aromatic heterocycles. The van der Waals surface area contributed by atoms with Crippen molar-refractivity contribution >= 4 is 40.0 Å². The third-order valence-corrected chi connectivity index (χ3v) is 4.54. The number of aromatic nitrogens is 2. The van der Waals surface area contributed by atoms with Crippen LogP contribution in [0.15, 0.2) is 48.7 Å². The summed E-state index contributed by atoms with van der Waals surface area (Å²) < 4.78 is 0. The molecule has 144 valence electrons. The molecule has 8 nitrogen and oxygen atoms in total. The van der Waals surface area contributed by atoms with Gasteiger partial charge in [-0.15, -0.1) is 0 Å². The number of carbonyl (C=O) groups excluding carboxylic acids is 2. The molecule has 5 N–H and O–H groups in total. The van der Waals surface area contributed by atoms with Crippen molar-refractivity contribution in [2.75, 3.05) is 17.3 Å². The van der Waals surface area contributed by atoms with E-state index in [2.05, 4.69) is 15.3 Å². The van der Waals surface area contributed by atoms with Crippen LogP contribution < -0.4 is 21.7 Å². The van der Waals surface area contributed by atoms with Gasteiger partial charge in [0.05, 0.1) is 23.0 Å². The number of amides is 2. The first-order valence-electron chi connectivity index (χ1n) is 8.85. The maximum absolute atomic E-state index is 11.8. The number of hydrogen-bond donors (Lipinski definition) is 3. The van der Waals surface area contributed by atoms with Crippen molar-refractivity contribution in [3.8, 4) is 0 Å². The molecule has 3 rings (SSSR count). The van der Waals surface area contributed by atoms with Crippen molar-refractivity contribution in [2.24, 2.45) is 11.5 Å². The van der Waals surface area contributed by atoms with Gasteiger partial charge in [0.25, 0.3) is 5.91 Å². The highest BCUT2D eigenvalue weighted by molar-refractivity contribution is 5.99. The van der Waals surface area contributed by atoms with E-state index in [9.17, 15) is 9.59 Å². The van der Waals surface area contributed by atoms with Crippen LogP contribution >= 0.6 is 0 Å². The summed E-state index contributed by atoms with van der Waals surface area (Å²) in [5.74, 6) is -0.279. The molecule has 2 heterocycles. The van der Waals surface area contributed by atoms with Crippen LogP contribution in [0.1, 0.15) is 23.7 Å². The van der Waals surface area contributed by atoms with Crippen molar-refractivity contribution in [1.82, 2.24) is 9.97 Å². The summed E-state index contributed by atoms with van der Waals surface area (Å²) in [6.45, 7) is 1.86. The van der Waals surface area contributed by atoms with E-state index in [1.165, 1.54) is 0 Å². The second kappa shape index (κ2) is 7.91. The summed E-state index contributed by atoms with van der Waals surface area (Å²) in [4.78, 5) is 34.1. The molecule has 1 atom stereocenters. The summed E-state index contributed by atoms with van der Waals surface area (Å²) in [6.07, 6.45) is 2.19. The van der Waals surface area contributed by atoms with Crippen LogP contribution in [-0.4, -0.2) is 34.9 Å². The Morgan fingerprint density at radius 1 is 1.18 bits per heavy atom. The second-order valence-electron chi connectivity index (χ2n) is 6.41. The lowest BCUT2D eigenvalue weighted by Crippen LogP contribution is -2.42. The zero-order valence-corrected chi connectivity index (χ0v) is 15.7. The fourth-order valence-electron chi connectivity index (χ4n) is 3.04. The smallest absolute Gasteiger partial charge is 0.252 e. The number of carbonyl (C=O) groups is 2. The molecule has 0 saturated carbocycles. The van der Waals surface area contributed by atoms with Gasteiger partial charge in [0.2, 0.25) is 5.91 Å². The van der Waals surface area contributed by atoms with E-state index in [4.69, 9.17) is 11.5 Å². The molecule has 0 aliphatic heterocycles. The van der Waals surface area contributed by atoms with E-state index < -0.39 is 17.9 Å². The maximum Gasteiger partial charge on any atom is 0.252 e. The Labute approximate surface area is 162 Å². The summed E-state index contributed by atoms with van der Waals surface area (Å²) >= 11 is 0. The number of likely N-dealkylation sites (N-methyl/N-ethyl adjacent to an activating group) is 1. The van der Waals surface area contributed by atoms with Gasteiger partial charge in [-0.1, -0.05) is 25.1 Å². The minimum atomic E-state index is -0.611. The Kier molecular flexibility index (Phi) is 5.39. The minimum absolute atomic E-state index is 0.234. The summed E-state index contributed by atoms with van der Waals surface area (Å²) in [6, 6.07) is 12.3. The number of fused-ring (bicyclic) bond motifs is 1. The topological polar surface area (TPSA) is 127 Å². The molecule has 1 aromatic carbocycles. The first-order chi connectivity index (χ1) is 13.4. The number of rotatable bonds is 7. The number of nitrogens with two attached hydrogens (primary N) is 2. The number of pyridine rings is 2. The normalized spacial score (nSPS) is 11.8. The molecule has 0 radical (unpaired) electrons. The number of para-hydroxylation sites is 1. The fourth-order valence-corrected chi connectivity index (χ4v) is 3.04. The van der Waals surface area contributed by atoms with Crippen LogP contribution in [0.3, 0.4) is 0 Å². The molecule has 0 bridgehead atoms. The molecule has 28 heavy (non-hydrogen) atoms. The minimum Gasteiger partial charge on any atom is -0.368 e. The Morgan fingerprint density at radius 2 is 1.93 bits per heavy atom. The number of benzene rings is 1.